The average molecular weight is 436 g/mol. The van der Waals surface area contributed by atoms with Crippen LogP contribution in [0.5, 0.6) is 0 Å². The number of pyridine rings is 1. The topological polar surface area (TPSA) is 37.8 Å². The number of fused-ring (bicyclic) bond motifs is 3. The zero-order valence-corrected chi connectivity index (χ0v) is 18.7. The first kappa shape index (κ1) is 19.7. The maximum atomic E-state index is 6.41. The maximum absolute atomic E-state index is 6.41. The molecule has 0 amide bonds. The van der Waals surface area contributed by atoms with E-state index in [2.05, 4.69) is 51.6 Å². The van der Waals surface area contributed by atoms with E-state index in [1.807, 2.05) is 11.3 Å². The van der Waals surface area contributed by atoms with E-state index in [0.717, 1.165) is 83.1 Å². The lowest BCUT2D eigenvalue weighted by Crippen LogP contribution is -2.46. The number of anilines is 1. The Bertz CT molecular complexity index is 1070. The third-order valence-corrected chi connectivity index (χ3v) is 8.07. The average Bonchev–Trinajstić information content (AvgIpc) is 3.31. The summed E-state index contributed by atoms with van der Waals surface area (Å²) >= 11 is 1.90. The number of ether oxygens (including phenoxy) is 2. The van der Waals surface area contributed by atoms with Crippen LogP contribution in [0.15, 0.2) is 41.8 Å². The Balaban J connectivity index is 1.25. The van der Waals surface area contributed by atoms with Crippen molar-refractivity contribution in [3.05, 3.63) is 57.8 Å². The second-order valence-corrected chi connectivity index (χ2v) is 9.89. The molecule has 162 valence electrons. The van der Waals surface area contributed by atoms with Gasteiger partial charge in [-0.25, -0.2) is 4.98 Å². The molecule has 3 aromatic rings. The van der Waals surface area contributed by atoms with Crippen LogP contribution in [-0.2, 0) is 28.0 Å². The van der Waals surface area contributed by atoms with E-state index < -0.39 is 0 Å². The summed E-state index contributed by atoms with van der Waals surface area (Å²) in [5.41, 5.74) is 3.81. The maximum Gasteiger partial charge on any atom is 0.133 e. The van der Waals surface area contributed by atoms with Crippen molar-refractivity contribution in [1.82, 2.24) is 9.88 Å². The van der Waals surface area contributed by atoms with Gasteiger partial charge in [-0.2, -0.15) is 0 Å². The highest BCUT2D eigenvalue weighted by atomic mass is 32.1. The lowest BCUT2D eigenvalue weighted by Gasteiger charge is -2.44. The molecule has 6 rings (SSSR count). The number of thiophene rings is 1. The first-order valence-corrected chi connectivity index (χ1v) is 12.3. The van der Waals surface area contributed by atoms with Gasteiger partial charge in [-0.3, -0.25) is 4.90 Å². The van der Waals surface area contributed by atoms with Gasteiger partial charge in [0.1, 0.15) is 5.82 Å². The zero-order valence-electron chi connectivity index (χ0n) is 17.9. The highest BCUT2D eigenvalue weighted by Gasteiger charge is 2.41. The lowest BCUT2D eigenvalue weighted by atomic mass is 9.82. The SMILES string of the molecule is c1ccc2nc(N3CCOCC3)c(CN3CCC4(CC3)OCCc3sccc34)cc2c1. The van der Waals surface area contributed by atoms with E-state index >= 15 is 0 Å². The minimum Gasteiger partial charge on any atom is -0.378 e. The molecule has 5 nitrogen and oxygen atoms in total. The van der Waals surface area contributed by atoms with Crippen LogP contribution in [0, 0.1) is 0 Å². The largest absolute Gasteiger partial charge is 0.378 e. The number of benzene rings is 1. The molecule has 3 aliphatic heterocycles. The van der Waals surface area contributed by atoms with Gasteiger partial charge in [0.05, 0.1) is 30.9 Å². The van der Waals surface area contributed by atoms with Gasteiger partial charge in [0.25, 0.3) is 0 Å². The van der Waals surface area contributed by atoms with Gasteiger partial charge >= 0.3 is 0 Å². The normalized spacial score (nSPS) is 21.5. The van der Waals surface area contributed by atoms with Crippen LogP contribution in [0.25, 0.3) is 10.9 Å². The van der Waals surface area contributed by atoms with Crippen molar-refractivity contribution >= 4 is 28.1 Å². The van der Waals surface area contributed by atoms with Crippen molar-refractivity contribution in [2.24, 2.45) is 0 Å². The third kappa shape index (κ3) is 3.65. The first-order chi connectivity index (χ1) is 15.3. The number of likely N-dealkylation sites (tertiary alicyclic amines) is 1. The molecule has 31 heavy (non-hydrogen) atoms. The van der Waals surface area contributed by atoms with E-state index in [4.69, 9.17) is 14.5 Å². The molecule has 5 heterocycles. The minimum atomic E-state index is -0.0568. The fourth-order valence-electron chi connectivity index (χ4n) is 5.40. The van der Waals surface area contributed by atoms with Crippen LogP contribution in [0.1, 0.15) is 28.8 Å². The summed E-state index contributed by atoms with van der Waals surface area (Å²) in [4.78, 5) is 11.6. The number of para-hydroxylation sites is 1. The van der Waals surface area contributed by atoms with Gasteiger partial charge in [-0.15, -0.1) is 11.3 Å². The van der Waals surface area contributed by atoms with Crippen LogP contribution < -0.4 is 4.90 Å². The zero-order chi connectivity index (χ0) is 20.7. The summed E-state index contributed by atoms with van der Waals surface area (Å²) in [6.45, 7) is 7.31. The van der Waals surface area contributed by atoms with E-state index in [1.165, 1.54) is 21.4 Å². The molecule has 0 radical (unpaired) electrons. The number of aromatic nitrogens is 1. The Hall–Kier alpha value is -1.99. The predicted molar refractivity (Wildman–Crippen MR) is 125 cm³/mol. The van der Waals surface area contributed by atoms with E-state index in [1.54, 1.807) is 0 Å². The number of nitrogens with zero attached hydrogens (tertiary/aromatic N) is 3. The van der Waals surface area contributed by atoms with E-state index in [-0.39, 0.29) is 5.60 Å². The molecule has 0 unspecified atom stereocenters. The highest BCUT2D eigenvalue weighted by Crippen LogP contribution is 2.43. The fraction of sp³-hybridized carbons (Fsp3) is 0.480. The quantitative estimate of drug-likeness (QED) is 0.617. The van der Waals surface area contributed by atoms with Crippen LogP contribution in [0.3, 0.4) is 0 Å². The second kappa shape index (κ2) is 8.17. The smallest absolute Gasteiger partial charge is 0.133 e. The van der Waals surface area contributed by atoms with Crippen molar-refractivity contribution in [2.45, 2.75) is 31.4 Å². The van der Waals surface area contributed by atoms with Gasteiger partial charge in [-0.1, -0.05) is 18.2 Å². The first-order valence-electron chi connectivity index (χ1n) is 11.5. The van der Waals surface area contributed by atoms with Crippen LogP contribution >= 0.6 is 11.3 Å². The molecule has 2 fully saturated rings. The number of hydrogen-bond acceptors (Lipinski definition) is 6. The van der Waals surface area contributed by atoms with E-state index in [9.17, 15) is 0 Å². The third-order valence-electron chi connectivity index (χ3n) is 7.09. The molecule has 0 N–H and O–H groups in total. The summed E-state index contributed by atoms with van der Waals surface area (Å²) in [5.74, 6) is 1.14. The van der Waals surface area contributed by atoms with Crippen LogP contribution in [-0.4, -0.2) is 55.9 Å². The Labute approximate surface area is 187 Å². The molecule has 6 heteroatoms. The van der Waals surface area contributed by atoms with Crippen molar-refractivity contribution in [2.75, 3.05) is 50.9 Å². The van der Waals surface area contributed by atoms with Gasteiger partial charge in [0, 0.05) is 55.0 Å². The van der Waals surface area contributed by atoms with Gasteiger partial charge in [0.2, 0.25) is 0 Å². The summed E-state index contributed by atoms with van der Waals surface area (Å²) in [6, 6.07) is 13.1. The van der Waals surface area contributed by atoms with Crippen molar-refractivity contribution in [1.29, 1.82) is 0 Å². The molecule has 0 saturated carbocycles. The summed E-state index contributed by atoms with van der Waals surface area (Å²) < 4.78 is 12.0. The van der Waals surface area contributed by atoms with Crippen molar-refractivity contribution in [3.8, 4) is 0 Å². The number of piperidine rings is 1. The standard InChI is InChI=1S/C25H29N3O2S/c1-2-4-22-19(3-1)17-20(24(26-22)28-11-14-29-15-12-28)18-27-9-7-25(8-10-27)21-6-16-31-23(21)5-13-30-25/h1-4,6,16-17H,5,7-15,18H2. The summed E-state index contributed by atoms with van der Waals surface area (Å²) in [6.07, 6.45) is 3.22. The molecule has 1 spiro atoms. The second-order valence-electron chi connectivity index (χ2n) is 8.89. The van der Waals surface area contributed by atoms with Gasteiger partial charge in [0.15, 0.2) is 0 Å². The molecule has 0 bridgehead atoms. The van der Waals surface area contributed by atoms with Crippen LogP contribution in [0.2, 0.25) is 0 Å². The van der Waals surface area contributed by atoms with E-state index in [0.29, 0.717) is 0 Å². The van der Waals surface area contributed by atoms with Crippen molar-refractivity contribution in [3.63, 3.8) is 0 Å². The Morgan fingerprint density at radius 2 is 1.84 bits per heavy atom. The molecule has 2 saturated heterocycles. The summed E-state index contributed by atoms with van der Waals surface area (Å²) in [7, 11) is 0. The van der Waals surface area contributed by atoms with Crippen molar-refractivity contribution < 1.29 is 9.47 Å². The lowest BCUT2D eigenvalue weighted by molar-refractivity contribution is -0.0980. The Kier molecular flexibility index (Phi) is 5.19. The minimum absolute atomic E-state index is 0.0568. The molecule has 0 atom stereocenters. The van der Waals surface area contributed by atoms with Gasteiger partial charge in [-0.05, 0) is 42.0 Å². The van der Waals surface area contributed by atoms with Gasteiger partial charge < -0.3 is 14.4 Å². The molecule has 1 aromatic carbocycles. The molecule has 0 aliphatic carbocycles. The summed E-state index contributed by atoms with van der Waals surface area (Å²) in [5, 5.41) is 3.46. The number of morpholine rings is 1. The molecule has 3 aliphatic rings. The monoisotopic (exact) mass is 435 g/mol. The number of rotatable bonds is 3. The highest BCUT2D eigenvalue weighted by molar-refractivity contribution is 7.10. The number of hydrogen-bond donors (Lipinski definition) is 0. The Morgan fingerprint density at radius 1 is 1.00 bits per heavy atom. The van der Waals surface area contributed by atoms with Crippen LogP contribution in [0.4, 0.5) is 5.82 Å². The molecular weight excluding hydrogens is 406 g/mol. The Morgan fingerprint density at radius 3 is 2.71 bits per heavy atom. The molecule has 2 aromatic heterocycles. The molecular formula is C25H29N3O2S. The fourth-order valence-corrected chi connectivity index (χ4v) is 6.35. The predicted octanol–water partition coefficient (Wildman–Crippen LogP) is 4.20.